The zero-order valence-electron chi connectivity index (χ0n) is 18.6. The van der Waals surface area contributed by atoms with Crippen molar-refractivity contribution in [2.45, 2.75) is 26.9 Å². The van der Waals surface area contributed by atoms with E-state index in [9.17, 15) is 0 Å². The third-order valence-electron chi connectivity index (χ3n) is 5.65. The van der Waals surface area contributed by atoms with E-state index in [1.807, 2.05) is 13.2 Å². The maximum atomic E-state index is 4.70. The van der Waals surface area contributed by atoms with Crippen LogP contribution in [-0.4, -0.2) is 67.6 Å². The Morgan fingerprint density at radius 1 is 1.13 bits per heavy atom. The van der Waals surface area contributed by atoms with Crippen LogP contribution in [0.3, 0.4) is 0 Å². The maximum Gasteiger partial charge on any atom is 0.193 e. The number of guanidine groups is 1. The van der Waals surface area contributed by atoms with Gasteiger partial charge in [0.1, 0.15) is 5.82 Å². The molecule has 2 aromatic rings. The number of piperazine rings is 1. The molecule has 2 heterocycles. The third-order valence-corrected chi connectivity index (χ3v) is 5.65. The Bertz CT molecular complexity index is 800. The van der Waals surface area contributed by atoms with Crippen molar-refractivity contribution in [2.24, 2.45) is 4.99 Å². The summed E-state index contributed by atoms with van der Waals surface area (Å²) in [4.78, 5) is 16.1. The highest BCUT2D eigenvalue weighted by Gasteiger charge is 2.16. The normalized spacial score (nSPS) is 14.9. The van der Waals surface area contributed by atoms with E-state index in [1.54, 1.807) is 0 Å². The summed E-state index contributed by atoms with van der Waals surface area (Å²) in [5.41, 5.74) is 3.77. The molecule has 1 aromatic carbocycles. The first-order chi connectivity index (χ1) is 14.1. The second kappa shape index (κ2) is 12.1. The molecule has 0 unspecified atom stereocenters. The first kappa shape index (κ1) is 24.4. The van der Waals surface area contributed by atoms with Crippen LogP contribution in [0.1, 0.15) is 23.6 Å². The third kappa shape index (κ3) is 6.57. The largest absolute Gasteiger partial charge is 0.354 e. The fourth-order valence-corrected chi connectivity index (χ4v) is 3.69. The second-order valence-corrected chi connectivity index (χ2v) is 7.63. The van der Waals surface area contributed by atoms with E-state index in [-0.39, 0.29) is 24.0 Å². The minimum Gasteiger partial charge on any atom is -0.354 e. The lowest BCUT2D eigenvalue weighted by Gasteiger charge is -2.34. The Hall–Kier alpha value is -1.87. The van der Waals surface area contributed by atoms with Crippen molar-refractivity contribution in [1.82, 2.24) is 20.1 Å². The summed E-state index contributed by atoms with van der Waals surface area (Å²) >= 11 is 0. The molecule has 1 saturated heterocycles. The van der Waals surface area contributed by atoms with Crippen LogP contribution < -0.4 is 10.2 Å². The van der Waals surface area contributed by atoms with Gasteiger partial charge in [0.15, 0.2) is 5.96 Å². The van der Waals surface area contributed by atoms with E-state index in [2.05, 4.69) is 82.3 Å². The van der Waals surface area contributed by atoms with Gasteiger partial charge in [-0.1, -0.05) is 37.3 Å². The van der Waals surface area contributed by atoms with Gasteiger partial charge in [-0.15, -0.1) is 24.0 Å². The minimum absolute atomic E-state index is 0. The lowest BCUT2D eigenvalue weighted by Crippen LogP contribution is -2.46. The average Bonchev–Trinajstić information content (AvgIpc) is 2.76. The fourth-order valence-electron chi connectivity index (χ4n) is 3.69. The second-order valence-electron chi connectivity index (χ2n) is 7.63. The van der Waals surface area contributed by atoms with Gasteiger partial charge >= 0.3 is 0 Å². The number of likely N-dealkylation sites (N-methyl/N-ethyl adjacent to an activating group) is 1. The highest BCUT2D eigenvalue weighted by atomic mass is 127. The Morgan fingerprint density at radius 3 is 2.47 bits per heavy atom. The Kier molecular flexibility index (Phi) is 9.84. The topological polar surface area (TPSA) is 47.0 Å². The number of nitrogens with zero attached hydrogens (tertiary/aromatic N) is 5. The van der Waals surface area contributed by atoms with Gasteiger partial charge in [0, 0.05) is 59.6 Å². The number of rotatable bonds is 6. The van der Waals surface area contributed by atoms with Crippen molar-refractivity contribution >= 4 is 35.8 Å². The van der Waals surface area contributed by atoms with Crippen LogP contribution >= 0.6 is 24.0 Å². The van der Waals surface area contributed by atoms with E-state index in [0.717, 1.165) is 56.6 Å². The van der Waals surface area contributed by atoms with Gasteiger partial charge in [-0.3, -0.25) is 4.99 Å². The monoisotopic (exact) mass is 522 g/mol. The summed E-state index contributed by atoms with van der Waals surface area (Å²) in [6, 6.07) is 12.8. The van der Waals surface area contributed by atoms with Crippen LogP contribution in [0.15, 0.2) is 47.6 Å². The number of hydrogen-bond acceptors (Lipinski definition) is 4. The van der Waals surface area contributed by atoms with Crippen LogP contribution in [0.2, 0.25) is 0 Å². The molecular weight excluding hydrogens is 487 g/mol. The summed E-state index contributed by atoms with van der Waals surface area (Å²) in [6.45, 7) is 11.4. The smallest absolute Gasteiger partial charge is 0.193 e. The van der Waals surface area contributed by atoms with Gasteiger partial charge in [-0.05, 0) is 36.2 Å². The summed E-state index contributed by atoms with van der Waals surface area (Å²) in [7, 11) is 3.90. The molecule has 0 bridgehead atoms. The first-order valence-corrected chi connectivity index (χ1v) is 10.5. The van der Waals surface area contributed by atoms with Crippen LogP contribution in [0, 0.1) is 6.92 Å². The fraction of sp³-hybridized carbons (Fsp3) is 0.478. The molecule has 3 rings (SSSR count). The number of anilines is 1. The minimum atomic E-state index is 0. The highest BCUT2D eigenvalue weighted by molar-refractivity contribution is 14.0. The zero-order chi connectivity index (χ0) is 20.6. The van der Waals surface area contributed by atoms with Gasteiger partial charge in [-0.2, -0.15) is 0 Å². The molecule has 164 valence electrons. The van der Waals surface area contributed by atoms with Crippen LogP contribution in [0.4, 0.5) is 5.82 Å². The van der Waals surface area contributed by atoms with E-state index in [0.29, 0.717) is 6.54 Å². The zero-order valence-corrected chi connectivity index (χ0v) is 21.0. The summed E-state index contributed by atoms with van der Waals surface area (Å²) in [5.74, 6) is 1.96. The van der Waals surface area contributed by atoms with Crippen molar-refractivity contribution in [3.63, 3.8) is 0 Å². The van der Waals surface area contributed by atoms with Crippen LogP contribution in [-0.2, 0) is 13.1 Å². The molecule has 0 amide bonds. The molecule has 0 atom stereocenters. The average molecular weight is 522 g/mol. The van der Waals surface area contributed by atoms with E-state index >= 15 is 0 Å². The predicted molar refractivity (Wildman–Crippen MR) is 137 cm³/mol. The molecule has 0 spiro atoms. The molecule has 0 radical (unpaired) electrons. The number of aryl methyl sites for hydroxylation is 1. The molecule has 6 nitrogen and oxygen atoms in total. The Balaban J connectivity index is 0.00000320. The molecule has 30 heavy (non-hydrogen) atoms. The van der Waals surface area contributed by atoms with Crippen LogP contribution in [0.5, 0.6) is 0 Å². The SMILES string of the molecule is CCN1CCN(c2ccc(CNC(=NC)N(C)Cc3ccccc3C)cn2)CC1.I. The molecule has 1 N–H and O–H groups in total. The molecular formula is C23H35IN6. The quantitative estimate of drug-likeness (QED) is 0.358. The first-order valence-electron chi connectivity index (χ1n) is 10.5. The molecule has 0 aliphatic carbocycles. The summed E-state index contributed by atoms with van der Waals surface area (Å²) in [6.07, 6.45) is 1.98. The van der Waals surface area contributed by atoms with E-state index in [1.165, 1.54) is 11.1 Å². The van der Waals surface area contributed by atoms with E-state index in [4.69, 9.17) is 4.98 Å². The van der Waals surface area contributed by atoms with Gasteiger partial charge in [-0.25, -0.2) is 4.98 Å². The number of pyridine rings is 1. The number of aliphatic imine (C=N–C) groups is 1. The van der Waals surface area contributed by atoms with Gasteiger partial charge in [0.05, 0.1) is 0 Å². The van der Waals surface area contributed by atoms with Crippen molar-refractivity contribution in [1.29, 1.82) is 0 Å². The molecule has 7 heteroatoms. The lowest BCUT2D eigenvalue weighted by molar-refractivity contribution is 0.270. The molecule has 1 aromatic heterocycles. The maximum absolute atomic E-state index is 4.70. The van der Waals surface area contributed by atoms with Crippen LogP contribution in [0.25, 0.3) is 0 Å². The Labute approximate surface area is 198 Å². The number of hydrogen-bond donors (Lipinski definition) is 1. The Morgan fingerprint density at radius 2 is 1.87 bits per heavy atom. The molecule has 0 saturated carbocycles. The van der Waals surface area contributed by atoms with Gasteiger partial charge in [0.25, 0.3) is 0 Å². The molecule has 1 aliphatic rings. The highest BCUT2D eigenvalue weighted by Crippen LogP contribution is 2.14. The standard InChI is InChI=1S/C23H34N6.HI/c1-5-28-12-14-29(15-13-28)22-11-10-20(16-25-22)17-26-23(24-3)27(4)18-21-9-7-6-8-19(21)2;/h6-11,16H,5,12-15,17-18H2,1-4H3,(H,24,26);1H. The number of benzene rings is 1. The summed E-state index contributed by atoms with van der Waals surface area (Å²) < 4.78 is 0. The lowest BCUT2D eigenvalue weighted by atomic mass is 10.1. The van der Waals surface area contributed by atoms with Crippen molar-refractivity contribution in [2.75, 3.05) is 51.7 Å². The number of nitrogens with one attached hydrogen (secondary N) is 1. The molecule has 1 aliphatic heterocycles. The van der Waals surface area contributed by atoms with Gasteiger partial charge < -0.3 is 20.0 Å². The van der Waals surface area contributed by atoms with Crippen molar-refractivity contribution in [3.8, 4) is 0 Å². The summed E-state index contributed by atoms with van der Waals surface area (Å²) in [5, 5.41) is 3.45. The number of aromatic nitrogens is 1. The van der Waals surface area contributed by atoms with Crippen molar-refractivity contribution < 1.29 is 0 Å². The van der Waals surface area contributed by atoms with Crippen molar-refractivity contribution in [3.05, 3.63) is 59.3 Å². The predicted octanol–water partition coefficient (Wildman–Crippen LogP) is 3.36. The van der Waals surface area contributed by atoms with Gasteiger partial charge in [0.2, 0.25) is 0 Å². The number of halogens is 1. The van der Waals surface area contributed by atoms with E-state index < -0.39 is 0 Å². The molecule has 1 fully saturated rings.